The van der Waals surface area contributed by atoms with E-state index >= 15 is 0 Å². The topological polar surface area (TPSA) is 49.6 Å². The number of nitrogens with two attached hydrogens (primary N) is 1. The maximum Gasteiger partial charge on any atom is 0.235 e. The van der Waals surface area contributed by atoms with Crippen molar-refractivity contribution >= 4 is 23.1 Å². The van der Waals surface area contributed by atoms with Crippen LogP contribution in [0.2, 0.25) is 0 Å². The lowest BCUT2D eigenvalue weighted by atomic mass is 9.84. The number of nitrogens with zero attached hydrogens (tertiary/aromatic N) is 2. The van der Waals surface area contributed by atoms with Gasteiger partial charge in [0.1, 0.15) is 0 Å². The fourth-order valence-corrected chi connectivity index (χ4v) is 3.58. The van der Waals surface area contributed by atoms with Crippen molar-refractivity contribution in [1.82, 2.24) is 9.80 Å². The van der Waals surface area contributed by atoms with Crippen LogP contribution >= 0.6 is 12.2 Å². The first-order valence-electron chi connectivity index (χ1n) is 7.31. The van der Waals surface area contributed by atoms with Crippen LogP contribution in [0, 0.1) is 5.41 Å². The molecule has 5 heteroatoms. The molecule has 108 valence electrons. The Labute approximate surface area is 121 Å². The van der Waals surface area contributed by atoms with E-state index in [4.69, 9.17) is 18.0 Å². The third kappa shape index (κ3) is 2.77. The molecule has 1 saturated heterocycles. The first kappa shape index (κ1) is 14.7. The van der Waals surface area contributed by atoms with Crippen molar-refractivity contribution in [3.8, 4) is 0 Å². The van der Waals surface area contributed by atoms with Crippen LogP contribution in [0.15, 0.2) is 0 Å². The zero-order valence-corrected chi connectivity index (χ0v) is 12.8. The summed E-state index contributed by atoms with van der Waals surface area (Å²) in [7, 11) is 0. The molecule has 1 amide bonds. The molecule has 0 aromatic carbocycles. The summed E-state index contributed by atoms with van der Waals surface area (Å²) in [6, 6.07) is 0.549. The number of amides is 1. The Balaban J connectivity index is 2.02. The monoisotopic (exact) mass is 283 g/mol. The van der Waals surface area contributed by atoms with E-state index in [9.17, 15) is 4.79 Å². The highest BCUT2D eigenvalue weighted by molar-refractivity contribution is 7.80. The van der Waals surface area contributed by atoms with Crippen LogP contribution in [-0.4, -0.2) is 52.9 Å². The summed E-state index contributed by atoms with van der Waals surface area (Å²) in [4.78, 5) is 17.6. The standard InChI is InChI=1S/C14H25N3OS/c1-11(2)16-7-9-17(10-8-16)13(18)14(12(15)19)5-3-4-6-14/h11H,3-10H2,1-2H3,(H2,15,19). The average Bonchev–Trinajstić information content (AvgIpc) is 2.88. The van der Waals surface area contributed by atoms with Gasteiger partial charge in [-0.2, -0.15) is 0 Å². The Bertz CT molecular complexity index is 356. The first-order valence-corrected chi connectivity index (χ1v) is 7.71. The highest BCUT2D eigenvalue weighted by Gasteiger charge is 2.46. The fourth-order valence-electron chi connectivity index (χ4n) is 3.29. The molecule has 2 aliphatic rings. The molecular formula is C14H25N3OS. The number of hydrogen-bond acceptors (Lipinski definition) is 3. The number of piperazine rings is 1. The van der Waals surface area contributed by atoms with Gasteiger partial charge in [0.15, 0.2) is 0 Å². The van der Waals surface area contributed by atoms with Gasteiger partial charge < -0.3 is 10.6 Å². The van der Waals surface area contributed by atoms with Crippen LogP contribution in [0.25, 0.3) is 0 Å². The van der Waals surface area contributed by atoms with E-state index in [1.807, 2.05) is 4.90 Å². The number of carbonyl (C=O) groups is 1. The molecule has 19 heavy (non-hydrogen) atoms. The molecule has 1 saturated carbocycles. The van der Waals surface area contributed by atoms with E-state index in [2.05, 4.69) is 18.7 Å². The summed E-state index contributed by atoms with van der Waals surface area (Å²) >= 11 is 5.20. The SMILES string of the molecule is CC(C)N1CCN(C(=O)C2(C(N)=S)CCCC2)CC1. The van der Waals surface area contributed by atoms with Crippen molar-refractivity contribution in [1.29, 1.82) is 0 Å². The summed E-state index contributed by atoms with van der Waals surface area (Å²) in [5, 5.41) is 0. The predicted octanol–water partition coefficient (Wildman–Crippen LogP) is 1.39. The predicted molar refractivity (Wildman–Crippen MR) is 81.0 cm³/mol. The second kappa shape index (κ2) is 5.75. The van der Waals surface area contributed by atoms with Gasteiger partial charge in [-0.25, -0.2) is 0 Å². The Kier molecular flexibility index (Phi) is 4.46. The number of thiocarbonyl (C=S) groups is 1. The van der Waals surface area contributed by atoms with Gasteiger partial charge in [0, 0.05) is 32.2 Å². The van der Waals surface area contributed by atoms with Gasteiger partial charge in [-0.1, -0.05) is 25.1 Å². The van der Waals surface area contributed by atoms with Gasteiger partial charge in [-0.3, -0.25) is 9.69 Å². The molecule has 0 spiro atoms. The molecule has 2 fully saturated rings. The highest BCUT2D eigenvalue weighted by Crippen LogP contribution is 2.40. The quantitative estimate of drug-likeness (QED) is 0.795. The van der Waals surface area contributed by atoms with Gasteiger partial charge >= 0.3 is 0 Å². The number of hydrogen-bond donors (Lipinski definition) is 1. The van der Waals surface area contributed by atoms with Crippen molar-refractivity contribution in [2.75, 3.05) is 26.2 Å². The van der Waals surface area contributed by atoms with Crippen LogP contribution in [0.4, 0.5) is 0 Å². The Morgan fingerprint density at radius 1 is 1.16 bits per heavy atom. The first-order chi connectivity index (χ1) is 8.97. The molecule has 2 rings (SSSR count). The Hall–Kier alpha value is -0.680. The summed E-state index contributed by atoms with van der Waals surface area (Å²) in [5.74, 6) is 0.181. The molecule has 1 aliphatic heterocycles. The van der Waals surface area contributed by atoms with Crippen molar-refractivity contribution in [2.24, 2.45) is 11.1 Å². The third-order valence-corrected chi connectivity index (χ3v) is 5.06. The van der Waals surface area contributed by atoms with E-state index in [1.54, 1.807) is 0 Å². The van der Waals surface area contributed by atoms with Crippen LogP contribution in [0.3, 0.4) is 0 Å². The Morgan fingerprint density at radius 3 is 2.11 bits per heavy atom. The molecular weight excluding hydrogens is 258 g/mol. The second-order valence-corrected chi connectivity index (χ2v) is 6.52. The van der Waals surface area contributed by atoms with Gasteiger partial charge in [-0.15, -0.1) is 0 Å². The van der Waals surface area contributed by atoms with E-state index in [1.165, 1.54) is 0 Å². The summed E-state index contributed by atoms with van der Waals surface area (Å²) < 4.78 is 0. The van der Waals surface area contributed by atoms with Crippen LogP contribution < -0.4 is 5.73 Å². The van der Waals surface area contributed by atoms with Gasteiger partial charge in [0.05, 0.1) is 10.4 Å². The molecule has 0 aromatic heterocycles. The maximum atomic E-state index is 12.8. The van der Waals surface area contributed by atoms with E-state index in [0.717, 1.165) is 51.9 Å². The lowest BCUT2D eigenvalue weighted by molar-refractivity contribution is -0.140. The lowest BCUT2D eigenvalue weighted by Gasteiger charge is -2.40. The van der Waals surface area contributed by atoms with Crippen molar-refractivity contribution in [2.45, 2.75) is 45.6 Å². The maximum absolute atomic E-state index is 12.8. The second-order valence-electron chi connectivity index (χ2n) is 6.08. The molecule has 0 radical (unpaired) electrons. The van der Waals surface area contributed by atoms with E-state index < -0.39 is 5.41 Å². The van der Waals surface area contributed by atoms with E-state index in [0.29, 0.717) is 11.0 Å². The van der Waals surface area contributed by atoms with Crippen LogP contribution in [0.1, 0.15) is 39.5 Å². The van der Waals surface area contributed by atoms with Crippen LogP contribution in [-0.2, 0) is 4.79 Å². The molecule has 1 aliphatic carbocycles. The van der Waals surface area contributed by atoms with Crippen molar-refractivity contribution in [3.05, 3.63) is 0 Å². The molecule has 0 unspecified atom stereocenters. The van der Waals surface area contributed by atoms with Crippen molar-refractivity contribution in [3.63, 3.8) is 0 Å². The van der Waals surface area contributed by atoms with E-state index in [-0.39, 0.29) is 5.91 Å². The number of rotatable bonds is 3. The highest BCUT2D eigenvalue weighted by atomic mass is 32.1. The van der Waals surface area contributed by atoms with Gasteiger partial charge in [0.25, 0.3) is 0 Å². The normalized spacial score (nSPS) is 23.8. The molecule has 0 aromatic rings. The van der Waals surface area contributed by atoms with Gasteiger partial charge in [0.2, 0.25) is 5.91 Å². The summed E-state index contributed by atoms with van der Waals surface area (Å²) in [6.07, 6.45) is 3.81. The molecule has 0 bridgehead atoms. The summed E-state index contributed by atoms with van der Waals surface area (Å²) in [6.45, 7) is 7.92. The minimum absolute atomic E-state index is 0.181. The van der Waals surface area contributed by atoms with Crippen LogP contribution in [0.5, 0.6) is 0 Å². The molecule has 1 heterocycles. The van der Waals surface area contributed by atoms with Gasteiger partial charge in [-0.05, 0) is 26.7 Å². The van der Waals surface area contributed by atoms with Crippen molar-refractivity contribution < 1.29 is 4.79 Å². The number of carbonyl (C=O) groups excluding carboxylic acids is 1. The minimum atomic E-state index is -0.532. The largest absolute Gasteiger partial charge is 0.392 e. The smallest absolute Gasteiger partial charge is 0.235 e. The zero-order valence-electron chi connectivity index (χ0n) is 12.0. The zero-order chi connectivity index (χ0) is 14.0. The fraction of sp³-hybridized carbons (Fsp3) is 0.857. The lowest BCUT2D eigenvalue weighted by Crippen LogP contribution is -2.56. The Morgan fingerprint density at radius 2 is 1.68 bits per heavy atom. The minimum Gasteiger partial charge on any atom is -0.392 e. The summed E-state index contributed by atoms with van der Waals surface area (Å²) in [5.41, 5.74) is 5.36. The molecule has 2 N–H and O–H groups in total. The molecule has 0 atom stereocenters. The average molecular weight is 283 g/mol. The third-order valence-electron chi connectivity index (χ3n) is 4.67. The molecule has 4 nitrogen and oxygen atoms in total.